The Morgan fingerprint density at radius 2 is 0.519 bits per heavy atom. The molecule has 0 aliphatic carbocycles. The van der Waals surface area contributed by atoms with Crippen LogP contribution in [0, 0.1) is 0 Å². The van der Waals surface area contributed by atoms with E-state index in [0.717, 1.165) is 13.2 Å². The Hall–Kier alpha value is -4.97. The van der Waals surface area contributed by atoms with Crippen LogP contribution < -0.4 is 0 Å². The summed E-state index contributed by atoms with van der Waals surface area (Å²) in [5.74, 6) is -4.12. The number of ether oxygens (including phenoxy) is 14. The van der Waals surface area contributed by atoms with Crippen LogP contribution in [0.5, 0.6) is 0 Å². The monoisotopic (exact) mass is 1190 g/mol. The van der Waals surface area contributed by atoms with Crippen molar-refractivity contribution in [2.24, 2.45) is 0 Å². The van der Waals surface area contributed by atoms with Crippen molar-refractivity contribution in [1.82, 2.24) is 0 Å². The third-order valence-corrected chi connectivity index (χ3v) is 4.09. The molecule has 0 atom stereocenters. The van der Waals surface area contributed by atoms with Gasteiger partial charge in [0.25, 0.3) is 0 Å². The third-order valence-electron chi connectivity index (χ3n) is 4.09. The van der Waals surface area contributed by atoms with Crippen molar-refractivity contribution in [3.63, 3.8) is 0 Å². The number of hydrogen-bond donors (Lipinski definition) is 0. The van der Waals surface area contributed by atoms with Crippen LogP contribution in [0.25, 0.3) is 0 Å². The molecule has 0 saturated carbocycles. The molecule has 510 valence electrons. The van der Waals surface area contributed by atoms with E-state index in [9.17, 15) is 43.2 Å². The Kier molecular flexibility index (Phi) is 371. The second-order valence-corrected chi connectivity index (χ2v) is 9.42. The van der Waals surface area contributed by atoms with Gasteiger partial charge in [-0.15, -0.1) is 0 Å². The molecule has 0 heterocycles. The molecule has 79 heavy (non-hydrogen) atoms. The molecule has 0 saturated heterocycles. The number of carbonyl (C=O) groups excluding carboxylic acids is 9. The second kappa shape index (κ2) is 164. The largest absolute Gasteiger partial charge is 0.469 e. The van der Waals surface area contributed by atoms with Crippen LogP contribution in [0.15, 0.2) is 0 Å². The SMILES string of the molecule is C.C.C.C.C.C.C.C.C.C.C.C.C.C.C.C.C.C.C.CC(=O)OCOC(C)=O.CC(=O)OCOCOC(C)=O.CCC.CCOC(=O)CC.CCOCC.COC(=O)CC(=O)OC.COC(=O)COCC(=O)OC.COCOC. The maximum absolute atomic E-state index is 10.4. The topological polar surface area (TPSA) is 283 Å². The molecule has 0 amide bonds. The molecule has 0 bridgehead atoms. The van der Waals surface area contributed by atoms with Crippen LogP contribution in [-0.4, -0.2) is 157 Å². The van der Waals surface area contributed by atoms with E-state index in [1.165, 1.54) is 62.6 Å². The van der Waals surface area contributed by atoms with Gasteiger partial charge in [0, 0.05) is 61.5 Å². The van der Waals surface area contributed by atoms with Gasteiger partial charge in [-0.3, -0.25) is 33.6 Å². The average Bonchev–Trinajstić information content (AvgIpc) is 3.19. The molecule has 0 rings (SSSR count). The predicted octanol–water partition coefficient (Wildman–Crippen LogP) is 14.9. The predicted molar refractivity (Wildman–Crippen MR) is 338 cm³/mol. The summed E-state index contributed by atoms with van der Waals surface area (Å²) in [5.41, 5.74) is 0. The van der Waals surface area contributed by atoms with Gasteiger partial charge in [0.1, 0.15) is 26.4 Å². The van der Waals surface area contributed by atoms with Crippen molar-refractivity contribution >= 4 is 53.7 Å². The second-order valence-electron chi connectivity index (χ2n) is 9.42. The van der Waals surface area contributed by atoms with E-state index in [1.807, 2.05) is 13.8 Å². The van der Waals surface area contributed by atoms with Gasteiger partial charge in [0.15, 0.2) is 13.6 Å². The molecule has 23 nitrogen and oxygen atoms in total. The number of methoxy groups -OCH3 is 6. The molecule has 0 aromatic rings. The molecule has 0 aromatic heterocycles. The first kappa shape index (κ1) is 179. The molecule has 0 spiro atoms. The van der Waals surface area contributed by atoms with Gasteiger partial charge in [0.05, 0.1) is 35.0 Å². The highest BCUT2D eigenvalue weighted by atomic mass is 16.8. The first-order chi connectivity index (χ1) is 28.2. The summed E-state index contributed by atoms with van der Waals surface area (Å²) in [6.45, 7) is 18.2. The summed E-state index contributed by atoms with van der Waals surface area (Å²) >= 11 is 0. The van der Waals surface area contributed by atoms with Crippen LogP contribution in [0.2, 0.25) is 0 Å². The van der Waals surface area contributed by atoms with E-state index >= 15 is 0 Å². The minimum absolute atomic E-state index is 0. The Bertz CT molecular complexity index is 974. The fraction of sp³-hybridized carbons (Fsp3) is 0.839. The van der Waals surface area contributed by atoms with Crippen molar-refractivity contribution in [1.29, 1.82) is 0 Å². The number of esters is 9. The molecular formula is C56H148O23. The zero-order valence-electron chi connectivity index (χ0n) is 38.4. The Morgan fingerprint density at radius 3 is 0.658 bits per heavy atom. The summed E-state index contributed by atoms with van der Waals surface area (Å²) in [6.07, 6.45) is 1.42. The highest BCUT2D eigenvalue weighted by molar-refractivity contribution is 5.91. The fourth-order valence-corrected chi connectivity index (χ4v) is 1.66. The van der Waals surface area contributed by atoms with E-state index in [0.29, 0.717) is 19.8 Å². The van der Waals surface area contributed by atoms with E-state index in [4.69, 9.17) is 4.74 Å². The molecule has 0 aliphatic heterocycles. The lowest BCUT2D eigenvalue weighted by Crippen LogP contribution is -2.16. The summed E-state index contributed by atoms with van der Waals surface area (Å²) < 4.78 is 61.6. The van der Waals surface area contributed by atoms with Crippen LogP contribution in [0.4, 0.5) is 0 Å². The van der Waals surface area contributed by atoms with Crippen molar-refractivity contribution in [2.45, 2.75) is 230 Å². The van der Waals surface area contributed by atoms with Gasteiger partial charge in [0.2, 0.25) is 6.79 Å². The third kappa shape index (κ3) is 284. The minimum atomic E-state index is -0.582. The quantitative estimate of drug-likeness (QED) is 0.0405. The zero-order chi connectivity index (χ0) is 48.6. The average molecular weight is 1190 g/mol. The standard InChI is InChI=1S/2C6H10O5.2C5H8O4.C5H10O2.C4H10O.C3H8O2.C3H8.19CH4/c1-9-5(7)3-11-4-6(8)10-2;1-5(7)10-3-9-4-11-6(2)8;1-8-4(6)3-5(7)9-2;1-4(6)8-3-9-5(2)7;1-3-5(6)7-4-2;1-3-5-4-2;1-4-3-5-2;1-3-2;;;;;;;;;;;;;;;;;;;/h2*3-4H2,1-2H3;2*3H2,1-2H3;3-4H2,1-2H3;3-4H2,1-2H3;3H2,1-2H3;3H2,1-2H3;19*1H4. The lowest BCUT2D eigenvalue weighted by molar-refractivity contribution is -0.173. The Morgan fingerprint density at radius 1 is 0.278 bits per heavy atom. The van der Waals surface area contributed by atoms with Crippen LogP contribution in [0.3, 0.4) is 0 Å². The normalized spacial score (nSPS) is 6.38. The first-order valence-corrected chi connectivity index (χ1v) is 17.9. The molecule has 0 N–H and O–H groups in total. The summed E-state index contributed by atoms with van der Waals surface area (Å²) in [7, 11) is 8.08. The Labute approximate surface area is 494 Å². The van der Waals surface area contributed by atoms with E-state index in [1.54, 1.807) is 28.1 Å². The van der Waals surface area contributed by atoms with Gasteiger partial charge in [-0.05, 0) is 20.8 Å². The van der Waals surface area contributed by atoms with E-state index in [-0.39, 0.29) is 187 Å². The molecule has 0 aromatic carbocycles. The number of carbonyl (C=O) groups is 9. The number of hydrogen-bond acceptors (Lipinski definition) is 23. The molecule has 0 fully saturated rings. The van der Waals surface area contributed by atoms with Gasteiger partial charge in [-0.2, -0.15) is 0 Å². The summed E-state index contributed by atoms with van der Waals surface area (Å²) in [4.78, 5) is 91.8. The lowest BCUT2D eigenvalue weighted by Gasteiger charge is -2.02. The van der Waals surface area contributed by atoms with Crippen molar-refractivity contribution in [2.75, 3.05) is 103 Å². The van der Waals surface area contributed by atoms with Gasteiger partial charge in [-0.25, -0.2) is 9.59 Å². The molecule has 0 radical (unpaired) electrons. The Balaban J connectivity index is -0.0000000154. The molecule has 0 unspecified atom stereocenters. The number of rotatable bonds is 18. The maximum Gasteiger partial charge on any atom is 0.331 e. The molecule has 23 heteroatoms. The van der Waals surface area contributed by atoms with Crippen molar-refractivity contribution < 1.29 is 109 Å². The minimum Gasteiger partial charge on any atom is -0.469 e. The van der Waals surface area contributed by atoms with Crippen LogP contribution in [-0.2, 0) is 109 Å². The van der Waals surface area contributed by atoms with Crippen molar-refractivity contribution in [3.05, 3.63) is 0 Å². The van der Waals surface area contributed by atoms with Crippen molar-refractivity contribution in [3.8, 4) is 0 Å². The maximum atomic E-state index is 10.4. The van der Waals surface area contributed by atoms with Crippen LogP contribution >= 0.6 is 0 Å². The van der Waals surface area contributed by atoms with Gasteiger partial charge < -0.3 is 66.3 Å². The molecule has 0 aliphatic rings. The van der Waals surface area contributed by atoms with Gasteiger partial charge in [-0.1, -0.05) is 168 Å². The molecular weight excluding hydrogens is 1040 g/mol. The van der Waals surface area contributed by atoms with E-state index < -0.39 is 47.8 Å². The summed E-state index contributed by atoms with van der Waals surface area (Å²) in [5, 5.41) is 0. The highest BCUT2D eigenvalue weighted by Gasteiger charge is 2.07. The highest BCUT2D eigenvalue weighted by Crippen LogP contribution is 1.86. The van der Waals surface area contributed by atoms with E-state index in [2.05, 4.69) is 75.4 Å². The van der Waals surface area contributed by atoms with Crippen LogP contribution in [0.1, 0.15) is 230 Å². The lowest BCUT2D eigenvalue weighted by atomic mass is 10.4. The smallest absolute Gasteiger partial charge is 0.331 e. The first-order valence-electron chi connectivity index (χ1n) is 17.9. The summed E-state index contributed by atoms with van der Waals surface area (Å²) in [6, 6.07) is 0. The fourth-order valence-electron chi connectivity index (χ4n) is 1.66. The zero-order valence-corrected chi connectivity index (χ0v) is 38.4. The van der Waals surface area contributed by atoms with Gasteiger partial charge >= 0.3 is 53.7 Å².